The number of methoxy groups -OCH3 is 1. The molecule has 94 valence electrons. The minimum atomic E-state index is -0.0826. The summed E-state index contributed by atoms with van der Waals surface area (Å²) in [5, 5.41) is 7.58. The predicted molar refractivity (Wildman–Crippen MR) is 73.4 cm³/mol. The zero-order valence-electron chi connectivity index (χ0n) is 10.0. The van der Waals surface area contributed by atoms with Gasteiger partial charge in [-0.05, 0) is 51.7 Å². The Balaban J connectivity index is 2.12. The van der Waals surface area contributed by atoms with Gasteiger partial charge < -0.3 is 10.5 Å². The molecule has 1 atom stereocenters. The van der Waals surface area contributed by atoms with Crippen molar-refractivity contribution in [3.63, 3.8) is 0 Å². The van der Waals surface area contributed by atoms with Crippen molar-refractivity contribution in [1.29, 1.82) is 0 Å². The fourth-order valence-corrected chi connectivity index (χ4v) is 2.32. The number of halogens is 1. The number of rotatable bonds is 4. The van der Waals surface area contributed by atoms with Crippen LogP contribution >= 0.6 is 15.9 Å². The van der Waals surface area contributed by atoms with Crippen LogP contribution in [0, 0.1) is 0 Å². The number of hydrogen-bond acceptors (Lipinski definition) is 4. The highest BCUT2D eigenvalue weighted by Gasteiger charge is 2.09. The van der Waals surface area contributed by atoms with E-state index >= 15 is 0 Å². The molecule has 0 amide bonds. The lowest BCUT2D eigenvalue weighted by atomic mass is 10.0. The largest absolute Gasteiger partial charge is 0.496 e. The van der Waals surface area contributed by atoms with Crippen molar-refractivity contribution in [3.05, 3.63) is 52.3 Å². The summed E-state index contributed by atoms with van der Waals surface area (Å²) in [6.45, 7) is 0. The van der Waals surface area contributed by atoms with Crippen LogP contribution in [0.5, 0.6) is 5.75 Å². The Bertz CT molecular complexity index is 519. The molecule has 0 aliphatic heterocycles. The molecular formula is C13H14BrN3O. The highest BCUT2D eigenvalue weighted by molar-refractivity contribution is 9.10. The monoisotopic (exact) mass is 307 g/mol. The van der Waals surface area contributed by atoms with Crippen LogP contribution in [0.1, 0.15) is 17.2 Å². The molecule has 1 unspecified atom stereocenters. The summed E-state index contributed by atoms with van der Waals surface area (Å²) < 4.78 is 6.13. The van der Waals surface area contributed by atoms with Crippen molar-refractivity contribution >= 4 is 15.9 Å². The molecule has 0 bridgehead atoms. The maximum absolute atomic E-state index is 6.13. The summed E-state index contributed by atoms with van der Waals surface area (Å²) in [7, 11) is 1.65. The summed E-state index contributed by atoms with van der Waals surface area (Å²) in [6.07, 6.45) is 4.09. The summed E-state index contributed by atoms with van der Waals surface area (Å²) in [5.74, 6) is 0.817. The van der Waals surface area contributed by atoms with Gasteiger partial charge in [-0.3, -0.25) is 0 Å². The number of nitrogens with two attached hydrogens (primary N) is 1. The Morgan fingerprint density at radius 1 is 1.33 bits per heavy atom. The van der Waals surface area contributed by atoms with Gasteiger partial charge in [0.15, 0.2) is 0 Å². The van der Waals surface area contributed by atoms with Crippen LogP contribution < -0.4 is 10.5 Å². The molecule has 5 heteroatoms. The third-order valence-corrected chi connectivity index (χ3v) is 3.33. The van der Waals surface area contributed by atoms with E-state index in [4.69, 9.17) is 10.5 Å². The molecule has 0 spiro atoms. The van der Waals surface area contributed by atoms with Gasteiger partial charge in [-0.25, -0.2) is 0 Å². The molecule has 1 aromatic carbocycles. The zero-order valence-corrected chi connectivity index (χ0v) is 11.6. The SMILES string of the molecule is COc1ccc(CC(N)c2ccnnc2)cc1Br. The van der Waals surface area contributed by atoms with Gasteiger partial charge in [0.1, 0.15) is 5.75 Å². The fourth-order valence-electron chi connectivity index (χ4n) is 1.73. The molecular weight excluding hydrogens is 294 g/mol. The normalized spacial score (nSPS) is 12.2. The summed E-state index contributed by atoms with van der Waals surface area (Å²) >= 11 is 3.47. The lowest BCUT2D eigenvalue weighted by molar-refractivity contribution is 0.412. The zero-order chi connectivity index (χ0) is 13.0. The van der Waals surface area contributed by atoms with Crippen LogP contribution in [0.2, 0.25) is 0 Å². The van der Waals surface area contributed by atoms with Crippen LogP contribution in [0.4, 0.5) is 0 Å². The van der Waals surface area contributed by atoms with E-state index in [2.05, 4.69) is 26.1 Å². The second-order valence-electron chi connectivity index (χ2n) is 3.96. The lowest BCUT2D eigenvalue weighted by Gasteiger charge is -2.12. The van der Waals surface area contributed by atoms with Crippen LogP contribution in [-0.2, 0) is 6.42 Å². The maximum Gasteiger partial charge on any atom is 0.133 e. The molecule has 1 heterocycles. The molecule has 2 rings (SSSR count). The summed E-state index contributed by atoms with van der Waals surface area (Å²) in [4.78, 5) is 0. The maximum atomic E-state index is 6.13. The van der Waals surface area contributed by atoms with Crippen molar-refractivity contribution in [2.75, 3.05) is 7.11 Å². The van der Waals surface area contributed by atoms with Crippen LogP contribution in [0.25, 0.3) is 0 Å². The van der Waals surface area contributed by atoms with Crippen molar-refractivity contribution < 1.29 is 4.74 Å². The molecule has 0 aliphatic carbocycles. The van der Waals surface area contributed by atoms with Gasteiger partial charge in [-0.1, -0.05) is 6.07 Å². The number of ether oxygens (including phenoxy) is 1. The molecule has 0 saturated heterocycles. The first kappa shape index (κ1) is 13.0. The van der Waals surface area contributed by atoms with Crippen molar-refractivity contribution in [1.82, 2.24) is 10.2 Å². The molecule has 0 radical (unpaired) electrons. The van der Waals surface area contributed by atoms with Crippen LogP contribution in [0.15, 0.2) is 41.1 Å². The molecule has 2 N–H and O–H groups in total. The second kappa shape index (κ2) is 5.93. The first-order valence-electron chi connectivity index (χ1n) is 5.55. The number of aromatic nitrogens is 2. The summed E-state index contributed by atoms with van der Waals surface area (Å²) in [5.41, 5.74) is 8.26. The molecule has 0 aliphatic rings. The standard InChI is InChI=1S/C13H14BrN3O/c1-18-13-3-2-9(6-11(13)14)7-12(15)10-4-5-16-17-8-10/h2-6,8,12H,7,15H2,1H3. The average Bonchev–Trinajstić information content (AvgIpc) is 2.40. The van der Waals surface area contributed by atoms with E-state index < -0.39 is 0 Å². The molecule has 0 saturated carbocycles. The van der Waals surface area contributed by atoms with Crippen molar-refractivity contribution in [2.24, 2.45) is 5.73 Å². The fraction of sp³-hybridized carbons (Fsp3) is 0.231. The topological polar surface area (TPSA) is 61.0 Å². The van der Waals surface area contributed by atoms with E-state index in [9.17, 15) is 0 Å². The van der Waals surface area contributed by atoms with Gasteiger partial charge in [-0.2, -0.15) is 10.2 Å². The Morgan fingerprint density at radius 3 is 2.78 bits per heavy atom. The Hall–Kier alpha value is -1.46. The average molecular weight is 308 g/mol. The summed E-state index contributed by atoms with van der Waals surface area (Å²) in [6, 6.07) is 7.76. The van der Waals surface area contributed by atoms with Crippen LogP contribution in [-0.4, -0.2) is 17.3 Å². The molecule has 1 aromatic heterocycles. The Kier molecular flexibility index (Phi) is 4.28. The number of benzene rings is 1. The quantitative estimate of drug-likeness (QED) is 0.942. The molecule has 18 heavy (non-hydrogen) atoms. The second-order valence-corrected chi connectivity index (χ2v) is 4.81. The third-order valence-electron chi connectivity index (χ3n) is 2.71. The highest BCUT2D eigenvalue weighted by atomic mass is 79.9. The predicted octanol–water partition coefficient (Wildman–Crippen LogP) is 2.49. The number of nitrogens with zero attached hydrogens (tertiary/aromatic N) is 2. The van der Waals surface area contributed by atoms with Crippen LogP contribution in [0.3, 0.4) is 0 Å². The molecule has 2 aromatic rings. The van der Waals surface area contributed by atoms with Gasteiger partial charge in [-0.15, -0.1) is 0 Å². The van der Waals surface area contributed by atoms with E-state index in [0.29, 0.717) is 0 Å². The smallest absolute Gasteiger partial charge is 0.133 e. The van der Waals surface area contributed by atoms with Crippen molar-refractivity contribution in [3.8, 4) is 5.75 Å². The molecule has 4 nitrogen and oxygen atoms in total. The van der Waals surface area contributed by atoms with E-state index in [-0.39, 0.29) is 6.04 Å². The minimum absolute atomic E-state index is 0.0826. The van der Waals surface area contributed by atoms with E-state index in [1.807, 2.05) is 24.3 Å². The Morgan fingerprint density at radius 2 is 2.17 bits per heavy atom. The van der Waals surface area contributed by atoms with Gasteiger partial charge in [0.2, 0.25) is 0 Å². The first-order valence-corrected chi connectivity index (χ1v) is 6.34. The van der Waals surface area contributed by atoms with Crippen molar-refractivity contribution in [2.45, 2.75) is 12.5 Å². The van der Waals surface area contributed by atoms with Gasteiger partial charge in [0, 0.05) is 12.2 Å². The first-order chi connectivity index (χ1) is 8.70. The number of hydrogen-bond donors (Lipinski definition) is 1. The van der Waals surface area contributed by atoms with E-state index in [1.165, 1.54) is 0 Å². The molecule has 0 fully saturated rings. The van der Waals surface area contributed by atoms with Gasteiger partial charge in [0.05, 0.1) is 17.8 Å². The van der Waals surface area contributed by atoms with E-state index in [1.54, 1.807) is 19.5 Å². The Labute approximate surface area is 114 Å². The van der Waals surface area contributed by atoms with E-state index in [0.717, 1.165) is 27.8 Å². The van der Waals surface area contributed by atoms with Gasteiger partial charge >= 0.3 is 0 Å². The minimum Gasteiger partial charge on any atom is -0.496 e. The van der Waals surface area contributed by atoms with Gasteiger partial charge in [0.25, 0.3) is 0 Å². The highest BCUT2D eigenvalue weighted by Crippen LogP contribution is 2.27. The third kappa shape index (κ3) is 3.05. The lowest BCUT2D eigenvalue weighted by Crippen LogP contribution is -2.13.